The van der Waals surface area contributed by atoms with Gasteiger partial charge < -0.3 is 5.32 Å². The second-order valence-electron chi connectivity index (χ2n) is 6.44. The van der Waals surface area contributed by atoms with E-state index in [0.29, 0.717) is 5.17 Å². The van der Waals surface area contributed by atoms with E-state index in [1.807, 2.05) is 24.3 Å². The van der Waals surface area contributed by atoms with E-state index in [4.69, 9.17) is 0 Å². The zero-order valence-corrected chi connectivity index (χ0v) is 16.8. The van der Waals surface area contributed by atoms with Gasteiger partial charge in [-0.15, -0.1) is 0 Å². The minimum absolute atomic E-state index is 0.103. The summed E-state index contributed by atoms with van der Waals surface area (Å²) in [7, 11) is 1.62. The second kappa shape index (κ2) is 8.87. The molecular formula is C20H20N4O4S. The molecule has 0 radical (unpaired) electrons. The molecule has 2 amide bonds. The molecule has 9 heteroatoms. The lowest BCUT2D eigenvalue weighted by molar-refractivity contribution is -0.383. The number of nitrogens with zero attached hydrogens (tertiary/aromatic N) is 3. The molecule has 0 aromatic heterocycles. The van der Waals surface area contributed by atoms with Crippen molar-refractivity contribution in [1.29, 1.82) is 0 Å². The van der Waals surface area contributed by atoms with Crippen LogP contribution in [0.25, 0.3) is 0 Å². The van der Waals surface area contributed by atoms with Crippen LogP contribution in [0.5, 0.6) is 0 Å². The fourth-order valence-electron chi connectivity index (χ4n) is 2.82. The van der Waals surface area contributed by atoms with Crippen molar-refractivity contribution in [2.45, 2.75) is 25.0 Å². The van der Waals surface area contributed by atoms with Crippen LogP contribution in [0.1, 0.15) is 18.9 Å². The van der Waals surface area contributed by atoms with Crippen molar-refractivity contribution in [3.05, 3.63) is 64.2 Å². The van der Waals surface area contributed by atoms with E-state index in [-0.39, 0.29) is 23.7 Å². The molecule has 0 bridgehead atoms. The molecule has 1 fully saturated rings. The largest absolute Gasteiger partial charge is 0.320 e. The van der Waals surface area contributed by atoms with E-state index in [9.17, 15) is 19.7 Å². The van der Waals surface area contributed by atoms with Crippen LogP contribution in [0.15, 0.2) is 53.5 Å². The number of benzene rings is 2. The summed E-state index contributed by atoms with van der Waals surface area (Å²) in [5.41, 5.74) is 1.84. The SMILES string of the molecule is CCc1ccc(N=C2S[C@H](CC(=O)Nc3ccccc3[N+](=O)[O-])C(=O)N2C)cc1. The maximum atomic E-state index is 12.5. The van der Waals surface area contributed by atoms with Crippen LogP contribution in [0.3, 0.4) is 0 Å². The molecule has 2 aromatic carbocycles. The van der Waals surface area contributed by atoms with Crippen molar-refractivity contribution in [1.82, 2.24) is 4.90 Å². The molecule has 150 valence electrons. The maximum absolute atomic E-state index is 12.5. The standard InChI is InChI=1S/C20H20N4O4S/c1-3-13-8-10-14(11-9-13)21-20-23(2)19(26)17(29-20)12-18(25)22-15-6-4-5-7-16(15)24(27)28/h4-11,17H,3,12H2,1-2H3,(H,22,25)/t17-/m1/s1. The second-order valence-corrected chi connectivity index (χ2v) is 7.61. The van der Waals surface area contributed by atoms with Gasteiger partial charge >= 0.3 is 0 Å². The molecule has 0 spiro atoms. The summed E-state index contributed by atoms with van der Waals surface area (Å²) in [6, 6.07) is 13.6. The summed E-state index contributed by atoms with van der Waals surface area (Å²) >= 11 is 1.21. The van der Waals surface area contributed by atoms with Crippen LogP contribution >= 0.6 is 11.8 Å². The van der Waals surface area contributed by atoms with Crippen molar-refractivity contribution in [2.24, 2.45) is 4.99 Å². The molecule has 1 aliphatic heterocycles. The Morgan fingerprint density at radius 2 is 1.93 bits per heavy atom. The van der Waals surface area contributed by atoms with Gasteiger partial charge in [0.1, 0.15) is 10.9 Å². The van der Waals surface area contributed by atoms with Gasteiger partial charge in [-0.25, -0.2) is 4.99 Å². The number of nitro benzene ring substituents is 1. The number of aliphatic imine (C=N–C) groups is 1. The first-order valence-electron chi connectivity index (χ1n) is 9.04. The summed E-state index contributed by atoms with van der Waals surface area (Å²) in [6.07, 6.45) is 0.828. The number of amides is 2. The molecule has 1 heterocycles. The zero-order chi connectivity index (χ0) is 21.0. The first-order chi connectivity index (χ1) is 13.9. The average Bonchev–Trinajstić information content (AvgIpc) is 2.96. The molecule has 1 atom stereocenters. The lowest BCUT2D eigenvalue weighted by Crippen LogP contribution is -2.30. The number of thioether (sulfide) groups is 1. The Morgan fingerprint density at radius 3 is 2.59 bits per heavy atom. The van der Waals surface area contributed by atoms with Crippen LogP contribution < -0.4 is 5.32 Å². The van der Waals surface area contributed by atoms with Crippen molar-refractivity contribution in [2.75, 3.05) is 12.4 Å². The highest BCUT2D eigenvalue weighted by Crippen LogP contribution is 2.31. The molecular weight excluding hydrogens is 392 g/mol. The van der Waals surface area contributed by atoms with Crippen molar-refractivity contribution >= 4 is 45.8 Å². The van der Waals surface area contributed by atoms with E-state index < -0.39 is 16.1 Å². The normalized spacial score (nSPS) is 17.6. The van der Waals surface area contributed by atoms with Gasteiger partial charge in [0.25, 0.3) is 5.69 Å². The van der Waals surface area contributed by atoms with E-state index in [2.05, 4.69) is 17.2 Å². The van der Waals surface area contributed by atoms with Gasteiger partial charge in [-0.05, 0) is 30.2 Å². The lowest BCUT2D eigenvalue weighted by atomic mass is 10.2. The third-order valence-corrected chi connectivity index (χ3v) is 5.68. The van der Waals surface area contributed by atoms with Crippen LogP contribution in [-0.2, 0) is 16.0 Å². The Labute approximate surface area is 172 Å². The Kier molecular flexibility index (Phi) is 6.28. The number of amidine groups is 1. The predicted octanol–water partition coefficient (Wildman–Crippen LogP) is 3.75. The van der Waals surface area contributed by atoms with Gasteiger partial charge in [0.05, 0.1) is 10.6 Å². The van der Waals surface area contributed by atoms with Gasteiger partial charge in [0.2, 0.25) is 11.8 Å². The monoisotopic (exact) mass is 412 g/mol. The van der Waals surface area contributed by atoms with Gasteiger partial charge in [0, 0.05) is 19.5 Å². The van der Waals surface area contributed by atoms with Crippen LogP contribution in [0.4, 0.5) is 17.1 Å². The van der Waals surface area contributed by atoms with Crippen molar-refractivity contribution < 1.29 is 14.5 Å². The smallest absolute Gasteiger partial charge is 0.292 e. The molecule has 2 aromatic rings. The number of para-hydroxylation sites is 2. The number of hydrogen-bond acceptors (Lipinski definition) is 6. The third-order valence-electron chi connectivity index (χ3n) is 4.46. The van der Waals surface area contributed by atoms with Gasteiger partial charge in [-0.2, -0.15) is 0 Å². The molecule has 0 aliphatic carbocycles. The third kappa shape index (κ3) is 4.80. The van der Waals surface area contributed by atoms with Gasteiger partial charge in [0.15, 0.2) is 5.17 Å². The lowest BCUT2D eigenvalue weighted by Gasteiger charge is -2.09. The van der Waals surface area contributed by atoms with Gasteiger partial charge in [-0.1, -0.05) is 43.0 Å². The summed E-state index contributed by atoms with van der Waals surface area (Å²) < 4.78 is 0. The minimum atomic E-state index is -0.628. The highest BCUT2D eigenvalue weighted by atomic mass is 32.2. The number of carbonyl (C=O) groups is 2. The summed E-state index contributed by atoms with van der Waals surface area (Å²) in [6.45, 7) is 2.07. The first-order valence-corrected chi connectivity index (χ1v) is 9.92. The Bertz CT molecular complexity index is 975. The molecule has 8 nitrogen and oxygen atoms in total. The zero-order valence-electron chi connectivity index (χ0n) is 16.0. The Hall–Kier alpha value is -3.20. The topological polar surface area (TPSA) is 105 Å². The Balaban J connectivity index is 1.69. The van der Waals surface area contributed by atoms with Gasteiger partial charge in [-0.3, -0.25) is 24.6 Å². The fourth-order valence-corrected chi connectivity index (χ4v) is 3.98. The Morgan fingerprint density at radius 1 is 1.24 bits per heavy atom. The number of carbonyl (C=O) groups excluding carboxylic acids is 2. The van der Waals surface area contributed by atoms with E-state index >= 15 is 0 Å². The molecule has 3 rings (SSSR count). The summed E-state index contributed by atoms with van der Waals surface area (Å²) in [5.74, 6) is -0.691. The highest BCUT2D eigenvalue weighted by Gasteiger charge is 2.37. The fraction of sp³-hybridized carbons (Fsp3) is 0.250. The number of hydrogen-bond donors (Lipinski definition) is 1. The molecule has 0 unspecified atom stereocenters. The predicted molar refractivity (Wildman–Crippen MR) is 113 cm³/mol. The molecule has 1 saturated heterocycles. The van der Waals surface area contributed by atoms with Crippen molar-refractivity contribution in [3.63, 3.8) is 0 Å². The molecule has 1 aliphatic rings. The van der Waals surface area contributed by atoms with E-state index in [1.54, 1.807) is 13.1 Å². The van der Waals surface area contributed by atoms with E-state index in [1.165, 1.54) is 40.4 Å². The van der Waals surface area contributed by atoms with Crippen LogP contribution in [0.2, 0.25) is 0 Å². The average molecular weight is 412 g/mol. The molecule has 1 N–H and O–H groups in total. The van der Waals surface area contributed by atoms with Crippen LogP contribution in [0, 0.1) is 10.1 Å². The number of rotatable bonds is 6. The highest BCUT2D eigenvalue weighted by molar-refractivity contribution is 8.15. The molecule has 29 heavy (non-hydrogen) atoms. The maximum Gasteiger partial charge on any atom is 0.292 e. The number of nitro groups is 1. The van der Waals surface area contributed by atoms with E-state index in [0.717, 1.165) is 12.1 Å². The van der Waals surface area contributed by atoms with Crippen molar-refractivity contribution in [3.8, 4) is 0 Å². The first kappa shape index (κ1) is 20.5. The molecule has 0 saturated carbocycles. The summed E-state index contributed by atoms with van der Waals surface area (Å²) in [4.78, 5) is 41.3. The quantitative estimate of drug-likeness (QED) is 0.575. The summed E-state index contributed by atoms with van der Waals surface area (Å²) in [5, 5.41) is 13.5. The minimum Gasteiger partial charge on any atom is -0.320 e. The number of nitrogens with one attached hydrogen (secondary N) is 1. The van der Waals surface area contributed by atoms with Crippen LogP contribution in [-0.4, -0.2) is 39.1 Å². The number of anilines is 1. The number of aryl methyl sites for hydroxylation is 1.